The zero-order valence-corrected chi connectivity index (χ0v) is 33.1. The number of amides is 2. The van der Waals surface area contributed by atoms with Crippen molar-refractivity contribution in [3.63, 3.8) is 0 Å². The number of phenolic OH excluding ortho intramolecular Hbond substituents is 1. The Morgan fingerprint density at radius 3 is 2.10 bits per heavy atom. The van der Waals surface area contributed by atoms with E-state index in [0.717, 1.165) is 21.6 Å². The normalized spacial score (nSPS) is 22.3. The van der Waals surface area contributed by atoms with Gasteiger partial charge in [-0.15, -0.1) is 23.2 Å². The number of anilines is 1. The molecule has 3 aromatic carbocycles. The van der Waals surface area contributed by atoms with Crippen molar-refractivity contribution in [3.05, 3.63) is 109 Å². The molecule has 1 saturated carbocycles. The Morgan fingerprint density at radius 1 is 0.862 bits per heavy atom. The van der Waals surface area contributed by atoms with Gasteiger partial charge in [0.05, 0.1) is 57.7 Å². The second-order valence-corrected chi connectivity index (χ2v) is 15.3. The van der Waals surface area contributed by atoms with Crippen molar-refractivity contribution in [2.45, 2.75) is 47.6 Å². The number of halogens is 3. The number of methoxy groups -OCH3 is 4. The lowest BCUT2D eigenvalue weighted by atomic mass is 9.64. The molecule has 58 heavy (non-hydrogen) atoms. The van der Waals surface area contributed by atoms with Crippen LogP contribution in [0.15, 0.2) is 74.6 Å². The van der Waals surface area contributed by atoms with Gasteiger partial charge in [-0.25, -0.2) is 37.8 Å². The number of aromatic hydroxyl groups is 1. The molecule has 2 fully saturated rings. The second kappa shape index (κ2) is 13.8. The molecule has 1 aliphatic carbocycles. The number of fused-ring (bicyclic) bond motifs is 5. The van der Waals surface area contributed by atoms with Crippen molar-refractivity contribution >= 4 is 51.7 Å². The highest BCUT2D eigenvalue weighted by atomic mass is 35.5. The summed E-state index contributed by atoms with van der Waals surface area (Å²) in [4.78, 5) is 72.1. The molecular formula is C39H35Cl2FN6O10. The maximum Gasteiger partial charge on any atom is 0.347 e. The van der Waals surface area contributed by atoms with Crippen LogP contribution >= 0.6 is 23.2 Å². The standard InChI is InChI=1S/C39H35Cl2FN6O10/c1-44-25-17-28(56-3)27(55-2)16-24(25)43-23(33(44)50)11-12-45-36(53)46-13-10-22-26(48(46)37(45)54)18-38(40)34(51)47(20-8-6-19(42)7-9-20)35(52)39(38,41)32(22)31-29(57-4)14-21(49)15-30(31)58-5/h6-10,14-17,26,32,49H,11-13,18H2,1-5H3. The summed E-state index contributed by atoms with van der Waals surface area (Å²) in [5.74, 6) is -3.27. The molecule has 19 heteroatoms. The number of aromatic nitrogens is 5. The monoisotopic (exact) mass is 836 g/mol. The van der Waals surface area contributed by atoms with Crippen LogP contribution < -0.4 is 40.8 Å². The van der Waals surface area contributed by atoms with Gasteiger partial charge >= 0.3 is 11.4 Å². The van der Waals surface area contributed by atoms with Crippen LogP contribution in [-0.2, 0) is 36.1 Å². The van der Waals surface area contributed by atoms with Gasteiger partial charge in [0.1, 0.15) is 28.8 Å². The predicted molar refractivity (Wildman–Crippen MR) is 208 cm³/mol. The summed E-state index contributed by atoms with van der Waals surface area (Å²) >= 11 is 14.9. The first-order valence-electron chi connectivity index (χ1n) is 17.9. The van der Waals surface area contributed by atoms with E-state index in [0.29, 0.717) is 28.1 Å². The number of allylic oxidation sites excluding steroid dienone is 2. The van der Waals surface area contributed by atoms with Gasteiger partial charge in [0.2, 0.25) is 0 Å². The Bertz CT molecular complexity index is 2770. The lowest BCUT2D eigenvalue weighted by Crippen LogP contribution is -2.59. The zero-order valence-electron chi connectivity index (χ0n) is 31.6. The maximum atomic E-state index is 14.7. The highest BCUT2D eigenvalue weighted by Crippen LogP contribution is 2.65. The summed E-state index contributed by atoms with van der Waals surface area (Å²) in [6, 6.07) is 9.26. The minimum atomic E-state index is -2.32. The van der Waals surface area contributed by atoms with Crippen LogP contribution in [0.5, 0.6) is 28.7 Å². The highest BCUT2D eigenvalue weighted by molar-refractivity contribution is 6.58. The van der Waals surface area contributed by atoms with Gasteiger partial charge in [0.15, 0.2) is 21.2 Å². The van der Waals surface area contributed by atoms with E-state index in [1.54, 1.807) is 25.3 Å². The van der Waals surface area contributed by atoms with Crippen molar-refractivity contribution in [3.8, 4) is 28.7 Å². The second-order valence-electron chi connectivity index (χ2n) is 14.1. The first kappa shape index (κ1) is 38.8. The third kappa shape index (κ3) is 5.32. The molecule has 0 spiro atoms. The molecule has 4 heterocycles. The SMILES string of the molecule is COc1cc2nc(CCn3c(=O)n4n(c3=O)C3CC5(Cl)C(=O)N(c6ccc(F)cc6)C(=O)C5(Cl)C(c5c(OC)cc(O)cc5OC)C3=CC4)c(=O)n(C)c2cc1OC. The van der Waals surface area contributed by atoms with Crippen molar-refractivity contribution in [2.75, 3.05) is 33.3 Å². The lowest BCUT2D eigenvalue weighted by molar-refractivity contribution is -0.122. The van der Waals surface area contributed by atoms with Gasteiger partial charge in [-0.05, 0) is 29.8 Å². The van der Waals surface area contributed by atoms with Gasteiger partial charge < -0.3 is 28.6 Å². The average Bonchev–Trinajstić information content (AvgIpc) is 3.54. The molecule has 1 N–H and O–H groups in total. The Kier molecular flexibility index (Phi) is 9.23. The molecule has 1 saturated heterocycles. The van der Waals surface area contributed by atoms with Gasteiger partial charge in [0.25, 0.3) is 17.4 Å². The van der Waals surface area contributed by atoms with Crippen molar-refractivity contribution in [1.29, 1.82) is 0 Å². The molecular weight excluding hydrogens is 802 g/mol. The number of benzene rings is 3. The van der Waals surface area contributed by atoms with E-state index in [4.69, 9.17) is 42.1 Å². The van der Waals surface area contributed by atoms with Gasteiger partial charge in [-0.1, -0.05) is 6.08 Å². The van der Waals surface area contributed by atoms with Gasteiger partial charge in [0, 0.05) is 62.2 Å². The molecule has 5 aromatic rings. The molecule has 16 nitrogen and oxygen atoms in total. The van der Waals surface area contributed by atoms with E-state index in [9.17, 15) is 33.5 Å². The average molecular weight is 838 g/mol. The molecule has 4 atom stereocenters. The first-order valence-corrected chi connectivity index (χ1v) is 18.6. The fourth-order valence-corrected chi connectivity index (χ4v) is 9.41. The van der Waals surface area contributed by atoms with E-state index in [-0.39, 0.29) is 53.7 Å². The number of imide groups is 1. The van der Waals surface area contributed by atoms with Crippen LogP contribution in [0, 0.1) is 5.82 Å². The zero-order chi connectivity index (χ0) is 41.6. The number of alkyl halides is 2. The number of aryl methyl sites for hydroxylation is 2. The molecule has 2 aromatic heterocycles. The van der Waals surface area contributed by atoms with Crippen LogP contribution in [0.1, 0.15) is 29.6 Å². The Labute approximate surface area is 337 Å². The third-order valence-corrected chi connectivity index (χ3v) is 12.7. The quantitative estimate of drug-likeness (QED) is 0.131. The summed E-state index contributed by atoms with van der Waals surface area (Å²) < 4.78 is 40.9. The summed E-state index contributed by atoms with van der Waals surface area (Å²) in [7, 11) is 7.14. The summed E-state index contributed by atoms with van der Waals surface area (Å²) in [5.41, 5.74) is -0.522. The highest BCUT2D eigenvalue weighted by Gasteiger charge is 2.76. The van der Waals surface area contributed by atoms with Crippen molar-refractivity contribution in [1.82, 2.24) is 23.5 Å². The molecule has 0 radical (unpaired) electrons. The smallest absolute Gasteiger partial charge is 0.347 e. The molecule has 0 bridgehead atoms. The predicted octanol–water partition coefficient (Wildman–Crippen LogP) is 3.38. The van der Waals surface area contributed by atoms with E-state index in [2.05, 4.69) is 4.98 Å². The summed E-state index contributed by atoms with van der Waals surface area (Å²) in [5, 5.41) is 10.6. The third-order valence-electron chi connectivity index (χ3n) is 11.3. The first-order chi connectivity index (χ1) is 27.6. The summed E-state index contributed by atoms with van der Waals surface area (Å²) in [6.07, 6.45) is 1.08. The lowest BCUT2D eigenvalue weighted by Gasteiger charge is -2.49. The van der Waals surface area contributed by atoms with E-state index in [1.165, 1.54) is 66.6 Å². The van der Waals surface area contributed by atoms with Crippen LogP contribution in [0.3, 0.4) is 0 Å². The molecule has 2 amide bonds. The number of carbonyl (C=O) groups excluding carboxylic acids is 2. The Morgan fingerprint density at radius 2 is 1.48 bits per heavy atom. The fraction of sp³-hybridized carbons (Fsp3) is 0.333. The number of carbonyl (C=O) groups is 2. The molecule has 2 aliphatic heterocycles. The summed E-state index contributed by atoms with van der Waals surface area (Å²) in [6.45, 7) is -0.423. The maximum absolute atomic E-state index is 14.7. The van der Waals surface area contributed by atoms with Crippen LogP contribution in [0.2, 0.25) is 0 Å². The van der Waals surface area contributed by atoms with E-state index >= 15 is 0 Å². The fourth-order valence-electron chi connectivity index (χ4n) is 8.52. The van der Waals surface area contributed by atoms with E-state index in [1.807, 2.05) is 0 Å². The Balaban J connectivity index is 1.26. The van der Waals surface area contributed by atoms with Crippen molar-refractivity contribution in [2.24, 2.45) is 7.05 Å². The molecule has 302 valence electrons. The minimum Gasteiger partial charge on any atom is -0.508 e. The topological polar surface area (TPSA) is 178 Å². The van der Waals surface area contributed by atoms with Crippen LogP contribution in [0.4, 0.5) is 10.1 Å². The van der Waals surface area contributed by atoms with Gasteiger partial charge in [-0.3, -0.25) is 14.4 Å². The van der Waals surface area contributed by atoms with Crippen molar-refractivity contribution < 1.29 is 38.0 Å². The van der Waals surface area contributed by atoms with Crippen LogP contribution in [-0.4, -0.2) is 78.6 Å². The number of nitrogens with zero attached hydrogens (tertiary/aromatic N) is 6. The number of hydrogen-bond donors (Lipinski definition) is 1. The molecule has 8 rings (SSSR count). The number of phenols is 1. The van der Waals surface area contributed by atoms with Crippen LogP contribution in [0.25, 0.3) is 11.0 Å². The number of hydrogen-bond acceptors (Lipinski definition) is 11. The minimum absolute atomic E-state index is 0.00237. The molecule has 3 aliphatic rings. The Hall–Kier alpha value is -6.07. The van der Waals surface area contributed by atoms with E-state index < -0.39 is 62.7 Å². The van der Waals surface area contributed by atoms with Gasteiger partial charge in [-0.2, -0.15) is 0 Å². The largest absolute Gasteiger partial charge is 0.508 e. The number of ether oxygens (including phenoxy) is 4. The molecule has 4 unspecified atom stereocenters. The number of rotatable bonds is 9.